The highest BCUT2D eigenvalue weighted by Crippen LogP contribution is 2.38. The summed E-state index contributed by atoms with van der Waals surface area (Å²) < 4.78 is 23.6. The number of halogens is 1. The van der Waals surface area contributed by atoms with Gasteiger partial charge in [0.25, 0.3) is 11.8 Å². The number of hydrogen-bond acceptors (Lipinski definition) is 7. The summed E-state index contributed by atoms with van der Waals surface area (Å²) in [5.74, 6) is 0.485. The lowest BCUT2D eigenvalue weighted by Gasteiger charge is -2.26. The molecule has 220 valence electrons. The van der Waals surface area contributed by atoms with Gasteiger partial charge in [-0.25, -0.2) is 4.79 Å². The van der Waals surface area contributed by atoms with Crippen molar-refractivity contribution in [2.24, 2.45) is 0 Å². The first-order chi connectivity index (χ1) is 20.2. The van der Waals surface area contributed by atoms with Crippen LogP contribution < -0.4 is 24.3 Å². The summed E-state index contributed by atoms with van der Waals surface area (Å²) in [5.41, 5.74) is 3.10. The maximum atomic E-state index is 13.4. The van der Waals surface area contributed by atoms with E-state index in [-0.39, 0.29) is 12.1 Å². The summed E-state index contributed by atoms with van der Waals surface area (Å²) >= 11 is 3.52. The van der Waals surface area contributed by atoms with E-state index in [2.05, 4.69) is 21.2 Å². The highest BCUT2D eigenvalue weighted by atomic mass is 79.9. The average Bonchev–Trinajstić information content (AvgIpc) is 2.97. The minimum absolute atomic E-state index is 0.0672. The smallest absolute Gasteiger partial charge is 0.331 e. The van der Waals surface area contributed by atoms with Crippen LogP contribution in [0.25, 0.3) is 6.08 Å². The number of carbonyl (C=O) groups is 3. The zero-order valence-corrected chi connectivity index (χ0v) is 25.6. The number of hydrogen-bond donors (Lipinski definition) is 1. The summed E-state index contributed by atoms with van der Waals surface area (Å²) in [6.07, 6.45) is 2.26. The largest absolute Gasteiger partial charge is 0.493 e. The quantitative estimate of drug-likeness (QED) is 0.187. The van der Waals surface area contributed by atoms with Crippen molar-refractivity contribution in [3.63, 3.8) is 0 Å². The molecular weight excluding hydrogens is 604 g/mol. The number of rotatable bonds is 12. The van der Waals surface area contributed by atoms with Gasteiger partial charge in [0.1, 0.15) is 12.2 Å². The van der Waals surface area contributed by atoms with Crippen LogP contribution in [0.1, 0.15) is 42.5 Å². The van der Waals surface area contributed by atoms with Crippen molar-refractivity contribution in [1.29, 1.82) is 0 Å². The number of nitrogens with zero attached hydrogens (tertiary/aromatic N) is 1. The molecule has 3 aromatic carbocycles. The molecule has 42 heavy (non-hydrogen) atoms. The summed E-state index contributed by atoms with van der Waals surface area (Å²) in [4.78, 5) is 39.8. The molecule has 0 saturated carbocycles. The Morgan fingerprint density at radius 2 is 1.62 bits per heavy atom. The number of urea groups is 1. The Morgan fingerprint density at radius 3 is 2.31 bits per heavy atom. The maximum absolute atomic E-state index is 13.4. The van der Waals surface area contributed by atoms with E-state index >= 15 is 0 Å². The minimum atomic E-state index is -0.801. The standard InChI is InChI=1S/C32H33BrN2O7/c1-5-13-41-26-12-11-22(16-27(26)40-6-2)18-35-31(37)24(30(36)34-32(35)38)14-23-15-25(33)29(28(17-23)39-4)42-19-21-9-7-20(3)8-10-21/h7-12,14-17H,5-6,13,18-19H2,1-4H3,(H,34,36,38)/b24-14+. The van der Waals surface area contributed by atoms with Crippen LogP contribution in [-0.4, -0.2) is 43.1 Å². The van der Waals surface area contributed by atoms with E-state index in [4.69, 9.17) is 18.9 Å². The van der Waals surface area contributed by atoms with E-state index in [0.717, 1.165) is 22.4 Å². The number of aryl methyl sites for hydroxylation is 1. The molecule has 1 aliphatic heterocycles. The van der Waals surface area contributed by atoms with Crippen LogP contribution in [0.5, 0.6) is 23.0 Å². The molecule has 1 saturated heterocycles. The molecule has 4 amide bonds. The van der Waals surface area contributed by atoms with Gasteiger partial charge in [0.2, 0.25) is 0 Å². The molecule has 1 aliphatic rings. The first-order valence-electron chi connectivity index (χ1n) is 13.6. The van der Waals surface area contributed by atoms with Gasteiger partial charge in [-0.2, -0.15) is 0 Å². The van der Waals surface area contributed by atoms with Crippen molar-refractivity contribution in [1.82, 2.24) is 10.2 Å². The molecule has 9 nitrogen and oxygen atoms in total. The monoisotopic (exact) mass is 636 g/mol. The van der Waals surface area contributed by atoms with Gasteiger partial charge in [0, 0.05) is 0 Å². The summed E-state index contributed by atoms with van der Waals surface area (Å²) in [6, 6.07) is 15.8. The lowest BCUT2D eigenvalue weighted by Crippen LogP contribution is -2.53. The number of imide groups is 2. The first kappa shape index (κ1) is 30.6. The molecule has 0 spiro atoms. The topological polar surface area (TPSA) is 103 Å². The average molecular weight is 638 g/mol. The summed E-state index contributed by atoms with van der Waals surface area (Å²) in [5, 5.41) is 2.26. The SMILES string of the molecule is CCCOc1ccc(CN2C(=O)NC(=O)/C(=C\c3cc(Br)c(OCc4ccc(C)cc4)c(OC)c3)C2=O)cc1OCC. The Kier molecular flexibility index (Phi) is 10.2. The van der Waals surface area contributed by atoms with Crippen molar-refractivity contribution in [3.8, 4) is 23.0 Å². The van der Waals surface area contributed by atoms with E-state index in [1.165, 1.54) is 13.2 Å². The van der Waals surface area contributed by atoms with Gasteiger partial charge in [-0.1, -0.05) is 42.8 Å². The van der Waals surface area contributed by atoms with Crippen molar-refractivity contribution in [2.45, 2.75) is 40.3 Å². The first-order valence-corrected chi connectivity index (χ1v) is 14.4. The molecule has 3 aromatic rings. The molecule has 0 bridgehead atoms. The van der Waals surface area contributed by atoms with Crippen molar-refractivity contribution >= 4 is 39.9 Å². The predicted octanol–water partition coefficient (Wildman–Crippen LogP) is 6.19. The van der Waals surface area contributed by atoms with Gasteiger partial charge in [-0.15, -0.1) is 0 Å². The van der Waals surface area contributed by atoms with E-state index in [1.54, 1.807) is 30.3 Å². The Morgan fingerprint density at radius 1 is 0.881 bits per heavy atom. The van der Waals surface area contributed by atoms with Gasteiger partial charge in [0.05, 0.1) is 31.3 Å². The third-order valence-corrected chi connectivity index (χ3v) is 6.95. The number of ether oxygens (including phenoxy) is 4. The number of benzene rings is 3. The van der Waals surface area contributed by atoms with Gasteiger partial charge in [0.15, 0.2) is 23.0 Å². The Balaban J connectivity index is 1.57. The molecule has 1 heterocycles. The molecular formula is C32H33BrN2O7. The summed E-state index contributed by atoms with van der Waals surface area (Å²) in [6.45, 7) is 7.09. The highest BCUT2D eigenvalue weighted by molar-refractivity contribution is 9.10. The van der Waals surface area contributed by atoms with Crippen LogP contribution >= 0.6 is 15.9 Å². The fraction of sp³-hybridized carbons (Fsp3) is 0.281. The second-order valence-electron chi connectivity index (χ2n) is 9.58. The molecule has 1 N–H and O–H groups in total. The Labute approximate surface area is 253 Å². The fourth-order valence-electron chi connectivity index (χ4n) is 4.24. The predicted molar refractivity (Wildman–Crippen MR) is 162 cm³/mol. The Hall–Kier alpha value is -4.31. The van der Waals surface area contributed by atoms with Crippen molar-refractivity contribution < 1.29 is 33.3 Å². The zero-order valence-electron chi connectivity index (χ0n) is 24.0. The van der Waals surface area contributed by atoms with Crippen LogP contribution in [0.3, 0.4) is 0 Å². The molecule has 0 atom stereocenters. The lowest BCUT2D eigenvalue weighted by molar-refractivity contribution is -0.130. The van der Waals surface area contributed by atoms with Crippen molar-refractivity contribution in [2.75, 3.05) is 20.3 Å². The number of methoxy groups -OCH3 is 1. The van der Waals surface area contributed by atoms with E-state index in [1.807, 2.05) is 45.0 Å². The second kappa shape index (κ2) is 14.0. The molecule has 0 aromatic heterocycles. The number of barbiturate groups is 1. The normalized spacial score (nSPS) is 14.2. The number of nitrogens with one attached hydrogen (secondary N) is 1. The number of amides is 4. The van der Waals surface area contributed by atoms with Gasteiger partial charge in [-0.05, 0) is 83.2 Å². The molecule has 0 aliphatic carbocycles. The van der Waals surface area contributed by atoms with Crippen molar-refractivity contribution in [3.05, 3.63) is 86.9 Å². The Bertz CT molecular complexity index is 1500. The van der Waals surface area contributed by atoms with E-state index in [9.17, 15) is 14.4 Å². The third-order valence-electron chi connectivity index (χ3n) is 6.36. The van der Waals surface area contributed by atoms with Crippen LogP contribution in [0.15, 0.2) is 64.6 Å². The van der Waals surface area contributed by atoms with Crippen LogP contribution in [-0.2, 0) is 22.7 Å². The van der Waals surface area contributed by atoms with Gasteiger partial charge >= 0.3 is 6.03 Å². The third kappa shape index (κ3) is 7.30. The molecule has 4 rings (SSSR count). The fourth-order valence-corrected chi connectivity index (χ4v) is 4.81. The van der Waals surface area contributed by atoms with E-state index < -0.39 is 17.8 Å². The van der Waals surface area contributed by atoms with Crippen LogP contribution in [0.4, 0.5) is 4.79 Å². The lowest BCUT2D eigenvalue weighted by atomic mass is 10.1. The molecule has 0 unspecified atom stereocenters. The number of carbonyl (C=O) groups excluding carboxylic acids is 3. The van der Waals surface area contributed by atoms with E-state index in [0.29, 0.717) is 58.4 Å². The minimum Gasteiger partial charge on any atom is -0.493 e. The molecule has 1 fully saturated rings. The zero-order chi connectivity index (χ0) is 30.2. The molecule has 0 radical (unpaired) electrons. The maximum Gasteiger partial charge on any atom is 0.331 e. The van der Waals surface area contributed by atoms with Gasteiger partial charge in [-0.3, -0.25) is 19.8 Å². The van der Waals surface area contributed by atoms with Crippen LogP contribution in [0, 0.1) is 6.92 Å². The van der Waals surface area contributed by atoms with Gasteiger partial charge < -0.3 is 18.9 Å². The summed E-state index contributed by atoms with van der Waals surface area (Å²) in [7, 11) is 1.51. The molecule has 10 heteroatoms. The second-order valence-corrected chi connectivity index (χ2v) is 10.4. The highest BCUT2D eigenvalue weighted by Gasteiger charge is 2.36. The van der Waals surface area contributed by atoms with Crippen LogP contribution in [0.2, 0.25) is 0 Å².